The molecule has 1 N–H and O–H groups in total. The molecule has 0 fully saturated rings. The molecule has 3 amide bonds. The average Bonchev–Trinajstić information content (AvgIpc) is 3.06. The van der Waals surface area contributed by atoms with Crippen LogP contribution in [0.5, 0.6) is 0 Å². The van der Waals surface area contributed by atoms with Crippen LogP contribution in [0.3, 0.4) is 0 Å². The molecule has 0 saturated heterocycles. The molecule has 0 aromatic heterocycles. The summed E-state index contributed by atoms with van der Waals surface area (Å²) in [5, 5.41) is 3.27. The summed E-state index contributed by atoms with van der Waals surface area (Å²) in [5.74, 6) is -1.35. The highest BCUT2D eigenvalue weighted by Crippen LogP contribution is 2.37. The van der Waals surface area contributed by atoms with E-state index < -0.39 is 67.1 Å². The number of anilines is 2. The molecule has 3 aromatic rings. The van der Waals surface area contributed by atoms with Crippen LogP contribution in [0.15, 0.2) is 60.7 Å². The molecule has 4 rings (SSSR count). The summed E-state index contributed by atoms with van der Waals surface area (Å²) in [4.78, 5) is 43.1. The number of nitrogens with zero attached hydrogens (tertiary/aromatic N) is 3. The number of sulfone groups is 1. The second kappa shape index (κ2) is 12.9. The van der Waals surface area contributed by atoms with Gasteiger partial charge in [0, 0.05) is 13.3 Å². The number of benzene rings is 3. The maximum Gasteiger partial charge on any atom is 0.410 e. The van der Waals surface area contributed by atoms with Crippen molar-refractivity contribution < 1.29 is 36.0 Å². The Morgan fingerprint density at radius 1 is 1.00 bits per heavy atom. The van der Waals surface area contributed by atoms with Crippen LogP contribution in [0.4, 0.5) is 16.2 Å². The number of nitrogens with one attached hydrogen (secondary N) is 1. The highest BCUT2D eigenvalue weighted by atomic mass is 32.3. The van der Waals surface area contributed by atoms with Crippen LogP contribution < -0.4 is 14.5 Å². The molecule has 0 aliphatic carbocycles. The molecule has 0 saturated carbocycles. The predicted octanol–water partition coefficient (Wildman–Crippen LogP) is 3.57. The van der Waals surface area contributed by atoms with E-state index in [1.54, 1.807) is 39.0 Å². The highest BCUT2D eigenvalue weighted by molar-refractivity contribution is 8.08. The van der Waals surface area contributed by atoms with Crippen molar-refractivity contribution in [2.24, 2.45) is 0 Å². The maximum absolute atomic E-state index is 14.4. The van der Waals surface area contributed by atoms with E-state index in [4.69, 9.17) is 4.74 Å². The molecule has 1 aliphatic heterocycles. The smallest absolute Gasteiger partial charge is 0.410 e. The van der Waals surface area contributed by atoms with Crippen molar-refractivity contribution in [1.29, 1.82) is 0 Å². The SMILES string of the molecule is Cc1ccc2ccccc2c1CN1C(=O)[C@@H](NC(=O)[C@H](C)N(C)C(=O)OC(C)(C)C)CN(S(=O)(=O)CS(C)(=O)=O)c2ccccc21. The number of hydrogen-bond acceptors (Lipinski definition) is 8. The number of hydrogen-bond donors (Lipinski definition) is 1. The van der Waals surface area contributed by atoms with E-state index in [2.05, 4.69) is 5.32 Å². The summed E-state index contributed by atoms with van der Waals surface area (Å²) in [5.41, 5.74) is 1.21. The largest absolute Gasteiger partial charge is 0.444 e. The van der Waals surface area contributed by atoms with Crippen molar-refractivity contribution in [1.82, 2.24) is 10.2 Å². The zero-order valence-electron chi connectivity index (χ0n) is 27.0. The Bertz CT molecular complexity index is 1890. The van der Waals surface area contributed by atoms with Crippen LogP contribution in [0.2, 0.25) is 0 Å². The third-order valence-electron chi connectivity index (χ3n) is 7.60. The van der Waals surface area contributed by atoms with Crippen molar-refractivity contribution in [2.45, 2.75) is 58.8 Å². The number of carbonyl (C=O) groups excluding carboxylic acids is 3. The number of para-hydroxylation sites is 2. The Morgan fingerprint density at radius 3 is 2.24 bits per heavy atom. The van der Waals surface area contributed by atoms with Crippen molar-refractivity contribution in [2.75, 3.05) is 34.1 Å². The molecule has 1 aliphatic rings. The quantitative estimate of drug-likeness (QED) is 0.382. The lowest BCUT2D eigenvalue weighted by Crippen LogP contribution is -2.57. The Morgan fingerprint density at radius 2 is 1.61 bits per heavy atom. The van der Waals surface area contributed by atoms with Crippen LogP contribution in [0.25, 0.3) is 10.8 Å². The predicted molar refractivity (Wildman–Crippen MR) is 178 cm³/mol. The van der Waals surface area contributed by atoms with Crippen LogP contribution >= 0.6 is 0 Å². The molecular formula is C32H40N4O8S2. The van der Waals surface area contributed by atoms with Crippen LogP contribution in [0.1, 0.15) is 38.8 Å². The van der Waals surface area contributed by atoms with Gasteiger partial charge in [0.2, 0.25) is 15.9 Å². The van der Waals surface area contributed by atoms with Gasteiger partial charge >= 0.3 is 6.09 Å². The number of likely N-dealkylation sites (N-methyl/N-ethyl adjacent to an activating group) is 1. The molecule has 3 aromatic carbocycles. The fourth-order valence-corrected chi connectivity index (χ4v) is 8.70. The van der Waals surface area contributed by atoms with Crippen LogP contribution in [0, 0.1) is 6.92 Å². The number of ether oxygens (including phenoxy) is 1. The summed E-state index contributed by atoms with van der Waals surface area (Å²) in [6.45, 7) is 7.86. The molecule has 12 nitrogen and oxygen atoms in total. The number of aryl methyl sites for hydroxylation is 1. The van der Waals surface area contributed by atoms with Gasteiger partial charge in [0.1, 0.15) is 17.7 Å². The van der Waals surface area contributed by atoms with Crippen molar-refractivity contribution in [3.63, 3.8) is 0 Å². The monoisotopic (exact) mass is 672 g/mol. The number of rotatable bonds is 8. The summed E-state index contributed by atoms with van der Waals surface area (Å²) in [6, 6.07) is 15.3. The summed E-state index contributed by atoms with van der Waals surface area (Å²) in [7, 11) is -7.19. The molecule has 0 radical (unpaired) electrons. The van der Waals surface area contributed by atoms with E-state index in [-0.39, 0.29) is 17.9 Å². The van der Waals surface area contributed by atoms with Gasteiger partial charge in [-0.1, -0.05) is 48.5 Å². The van der Waals surface area contributed by atoms with Crippen molar-refractivity contribution >= 4 is 59.9 Å². The van der Waals surface area contributed by atoms with E-state index in [0.717, 1.165) is 37.4 Å². The van der Waals surface area contributed by atoms with Gasteiger partial charge in [-0.2, -0.15) is 0 Å². The van der Waals surface area contributed by atoms with E-state index in [1.165, 1.54) is 24.9 Å². The normalized spacial score (nSPS) is 16.4. The van der Waals surface area contributed by atoms with E-state index in [0.29, 0.717) is 0 Å². The summed E-state index contributed by atoms with van der Waals surface area (Å²) in [6.07, 6.45) is 0.0443. The Labute approximate surface area is 270 Å². The first-order valence-corrected chi connectivity index (χ1v) is 18.3. The zero-order chi connectivity index (χ0) is 34.2. The zero-order valence-corrected chi connectivity index (χ0v) is 28.6. The minimum Gasteiger partial charge on any atom is -0.444 e. The Kier molecular flexibility index (Phi) is 9.74. The van der Waals surface area contributed by atoms with Crippen LogP contribution in [-0.2, 0) is 40.7 Å². The molecule has 46 heavy (non-hydrogen) atoms. The van der Waals surface area contributed by atoms with Gasteiger partial charge in [0.25, 0.3) is 5.91 Å². The van der Waals surface area contributed by atoms with E-state index in [1.807, 2.05) is 43.3 Å². The van der Waals surface area contributed by atoms with Gasteiger partial charge in [-0.25, -0.2) is 21.6 Å². The first-order valence-electron chi connectivity index (χ1n) is 14.6. The van der Waals surface area contributed by atoms with Gasteiger partial charge in [0.15, 0.2) is 14.9 Å². The lowest BCUT2D eigenvalue weighted by Gasteiger charge is -2.30. The maximum atomic E-state index is 14.4. The minimum absolute atomic E-state index is 0.0305. The molecule has 14 heteroatoms. The third kappa shape index (κ3) is 7.79. The highest BCUT2D eigenvalue weighted by Gasteiger charge is 2.41. The summed E-state index contributed by atoms with van der Waals surface area (Å²) >= 11 is 0. The lowest BCUT2D eigenvalue weighted by atomic mass is 9.99. The van der Waals surface area contributed by atoms with E-state index >= 15 is 0 Å². The van der Waals surface area contributed by atoms with Crippen LogP contribution in [-0.4, -0.2) is 82.3 Å². The van der Waals surface area contributed by atoms with Gasteiger partial charge in [0.05, 0.1) is 24.5 Å². The number of carbonyl (C=O) groups is 3. The molecule has 0 bridgehead atoms. The average molecular weight is 673 g/mol. The van der Waals surface area contributed by atoms with Crippen molar-refractivity contribution in [3.8, 4) is 0 Å². The molecule has 0 unspecified atom stereocenters. The standard InChI is InChI=1S/C32H40N4O8S2/c1-21-16-17-23-12-8-9-13-24(23)25(21)18-35-27-14-10-11-15-28(27)36(46(42,43)20-45(7,40)41)19-26(30(35)38)33-29(37)22(2)34(6)31(39)44-32(3,4)5/h8-17,22,26H,18-20H2,1-7H3,(H,33,37)/t22-,26-/m0/s1. The number of fused-ring (bicyclic) bond motifs is 2. The fourth-order valence-electron chi connectivity index (χ4n) is 5.19. The first kappa shape index (κ1) is 34.7. The minimum atomic E-state index is -4.55. The molecule has 2 atom stereocenters. The van der Waals surface area contributed by atoms with Gasteiger partial charge in [-0.3, -0.25) is 18.8 Å². The first-order chi connectivity index (χ1) is 21.3. The lowest BCUT2D eigenvalue weighted by molar-refractivity contribution is -0.130. The molecule has 0 spiro atoms. The second-order valence-electron chi connectivity index (χ2n) is 12.5. The van der Waals surface area contributed by atoms with Gasteiger partial charge in [-0.15, -0.1) is 0 Å². The van der Waals surface area contributed by atoms with Gasteiger partial charge < -0.3 is 15.0 Å². The Hall–Kier alpha value is -4.17. The Balaban J connectivity index is 1.81. The third-order valence-corrected chi connectivity index (χ3v) is 11.5. The fraction of sp³-hybridized carbons (Fsp3) is 0.406. The van der Waals surface area contributed by atoms with Crippen molar-refractivity contribution in [3.05, 3.63) is 71.8 Å². The molecule has 1 heterocycles. The molecular weight excluding hydrogens is 633 g/mol. The number of sulfonamides is 1. The number of amides is 3. The van der Waals surface area contributed by atoms with E-state index in [9.17, 15) is 31.2 Å². The topological polar surface area (TPSA) is 150 Å². The van der Waals surface area contributed by atoms with Gasteiger partial charge in [-0.05, 0) is 68.7 Å². The summed E-state index contributed by atoms with van der Waals surface area (Å²) < 4.78 is 57.9. The molecule has 248 valence electrons. The second-order valence-corrected chi connectivity index (χ2v) is 16.9.